The maximum absolute atomic E-state index is 15.3. The third-order valence-electron chi connectivity index (χ3n) is 8.65. The zero-order chi connectivity index (χ0) is 31.7. The number of halogens is 6. The molecule has 6 rings (SSSR count). The molecular weight excluding hydrogens is 625 g/mol. The Morgan fingerprint density at radius 3 is 2.50 bits per heavy atom. The van der Waals surface area contributed by atoms with Crippen LogP contribution in [0.5, 0.6) is 0 Å². The highest BCUT2D eigenvalue weighted by atomic mass is 35.5. The minimum absolute atomic E-state index is 0.0539. The number of alkyl halides is 3. The van der Waals surface area contributed by atoms with Crippen LogP contribution in [0, 0.1) is 11.6 Å². The molecule has 2 fully saturated rings. The molecule has 0 saturated carbocycles. The first-order valence-electron chi connectivity index (χ1n) is 14.2. The molecule has 2 aromatic carbocycles. The summed E-state index contributed by atoms with van der Waals surface area (Å²) >= 11 is 7.06. The van der Waals surface area contributed by atoms with E-state index in [0.29, 0.717) is 12.6 Å². The minimum atomic E-state index is -4.95. The van der Waals surface area contributed by atoms with Crippen molar-refractivity contribution in [2.75, 3.05) is 43.4 Å². The summed E-state index contributed by atoms with van der Waals surface area (Å²) in [5, 5.41) is -0.437. The van der Waals surface area contributed by atoms with Crippen molar-refractivity contribution < 1.29 is 26.7 Å². The molecule has 1 unspecified atom stereocenters. The molecule has 14 heteroatoms. The number of hydrogen-bond donors (Lipinski definition) is 0. The Kier molecular flexibility index (Phi) is 7.94. The van der Waals surface area contributed by atoms with E-state index in [4.69, 9.17) is 11.6 Å². The fourth-order valence-electron chi connectivity index (χ4n) is 6.36. The number of piperazine rings is 1. The number of benzene rings is 2. The van der Waals surface area contributed by atoms with Crippen molar-refractivity contribution in [3.63, 3.8) is 0 Å². The summed E-state index contributed by atoms with van der Waals surface area (Å²) in [5.74, 6) is -2.26. The maximum atomic E-state index is 15.3. The van der Waals surface area contributed by atoms with Crippen molar-refractivity contribution in [2.24, 2.45) is 0 Å². The van der Waals surface area contributed by atoms with Gasteiger partial charge in [0.1, 0.15) is 17.5 Å². The van der Waals surface area contributed by atoms with Crippen LogP contribution in [0.2, 0.25) is 5.02 Å². The molecular formula is C30H29ClF5N5O2S. The number of aromatic nitrogens is 2. The summed E-state index contributed by atoms with van der Waals surface area (Å²) in [4.78, 5) is 36.3. The lowest BCUT2D eigenvalue weighted by atomic mass is 9.95. The van der Waals surface area contributed by atoms with Crippen LogP contribution in [-0.4, -0.2) is 75.8 Å². The average Bonchev–Trinajstić information content (AvgIpc) is 2.94. The quantitative estimate of drug-likeness (QED) is 0.192. The zero-order valence-electron chi connectivity index (χ0n) is 23.9. The van der Waals surface area contributed by atoms with E-state index >= 15 is 4.39 Å². The van der Waals surface area contributed by atoms with Crippen LogP contribution >= 0.6 is 23.4 Å². The first-order chi connectivity index (χ1) is 20.8. The Labute approximate surface area is 259 Å². The second kappa shape index (κ2) is 11.3. The highest BCUT2D eigenvalue weighted by Crippen LogP contribution is 2.51. The van der Waals surface area contributed by atoms with Gasteiger partial charge in [0.25, 0.3) is 0 Å². The number of thioether (sulfide) groups is 1. The van der Waals surface area contributed by atoms with Gasteiger partial charge in [0, 0.05) is 64.9 Å². The van der Waals surface area contributed by atoms with Crippen LogP contribution in [0.15, 0.2) is 40.5 Å². The number of carbonyl (C=O) groups excluding carboxylic acids is 1. The summed E-state index contributed by atoms with van der Waals surface area (Å²) in [6, 6.07) is 1.08. The zero-order valence-corrected chi connectivity index (χ0v) is 25.5. The van der Waals surface area contributed by atoms with E-state index < -0.39 is 57.3 Å². The van der Waals surface area contributed by atoms with Crippen LogP contribution in [0.1, 0.15) is 31.9 Å². The van der Waals surface area contributed by atoms with Crippen LogP contribution in [0.25, 0.3) is 22.0 Å². The van der Waals surface area contributed by atoms with Crippen molar-refractivity contribution in [3.05, 3.63) is 63.6 Å². The summed E-state index contributed by atoms with van der Waals surface area (Å²) in [7, 11) is 0. The lowest BCUT2D eigenvalue weighted by molar-refractivity contribution is -0.137. The fraction of sp³-hybridized carbons (Fsp3) is 0.433. The monoisotopic (exact) mass is 653 g/mol. The Bertz CT molecular complexity index is 1740. The van der Waals surface area contributed by atoms with Gasteiger partial charge in [-0.1, -0.05) is 18.2 Å². The molecule has 1 amide bonds. The Morgan fingerprint density at radius 2 is 1.86 bits per heavy atom. The number of amides is 1. The summed E-state index contributed by atoms with van der Waals surface area (Å²) in [5.41, 5.74) is -2.57. The van der Waals surface area contributed by atoms with Crippen molar-refractivity contribution in [3.8, 4) is 11.1 Å². The summed E-state index contributed by atoms with van der Waals surface area (Å²) in [6.45, 7) is 9.80. The van der Waals surface area contributed by atoms with E-state index in [0.717, 1.165) is 43.4 Å². The predicted octanol–water partition coefficient (Wildman–Crippen LogP) is 5.98. The Balaban J connectivity index is 1.65. The van der Waals surface area contributed by atoms with Gasteiger partial charge in [0.15, 0.2) is 0 Å². The lowest BCUT2D eigenvalue weighted by Crippen LogP contribution is -2.58. The smallest absolute Gasteiger partial charge is 0.349 e. The number of anilines is 1. The molecule has 0 spiro atoms. The van der Waals surface area contributed by atoms with Crippen molar-refractivity contribution in [1.82, 2.24) is 19.4 Å². The molecule has 3 aromatic rings. The van der Waals surface area contributed by atoms with Crippen molar-refractivity contribution >= 4 is 46.0 Å². The lowest BCUT2D eigenvalue weighted by Gasteiger charge is -2.45. The summed E-state index contributed by atoms with van der Waals surface area (Å²) in [6.07, 6.45) is -2.73. The number of likely N-dealkylation sites (tertiary alicyclic amines) is 1. The highest BCUT2D eigenvalue weighted by molar-refractivity contribution is 7.99. The molecule has 3 aliphatic heterocycles. The largest absolute Gasteiger partial charge is 0.417 e. The molecule has 0 radical (unpaired) electrons. The molecule has 3 atom stereocenters. The second-order valence-electron chi connectivity index (χ2n) is 11.5. The molecule has 4 heterocycles. The molecule has 0 bridgehead atoms. The molecule has 2 saturated heterocycles. The van der Waals surface area contributed by atoms with Gasteiger partial charge in [0.05, 0.1) is 22.1 Å². The van der Waals surface area contributed by atoms with E-state index in [2.05, 4.69) is 16.5 Å². The van der Waals surface area contributed by atoms with E-state index in [-0.39, 0.29) is 52.4 Å². The molecule has 44 heavy (non-hydrogen) atoms. The molecule has 7 nitrogen and oxygen atoms in total. The normalized spacial score (nSPS) is 22.3. The highest BCUT2D eigenvalue weighted by Gasteiger charge is 2.41. The van der Waals surface area contributed by atoms with Crippen molar-refractivity contribution in [2.45, 2.75) is 49.5 Å². The third kappa shape index (κ3) is 5.16. The van der Waals surface area contributed by atoms with E-state index in [1.165, 1.54) is 10.6 Å². The minimum Gasteiger partial charge on any atom is -0.349 e. The standard InChI is InChI=1S/C30H29ClF5N5O2S/c1-4-24(42)39-11-16(3)40(12-15(39)2)28-19-8-20(30(34,35)36)25(18-9-21(31)23(33)10-22(18)32)27-26(19)41(29(43)37-28)17(14-44-27)13-38-6-5-7-38/h4,8-10,15-17H,1,5-7,11-14H2,2-3H3/t15-,16+,17?/m1/s1. The van der Waals surface area contributed by atoms with E-state index in [9.17, 15) is 27.2 Å². The van der Waals surface area contributed by atoms with E-state index in [1.807, 2.05) is 0 Å². The van der Waals surface area contributed by atoms with Gasteiger partial charge in [-0.15, -0.1) is 11.8 Å². The number of rotatable bonds is 5. The van der Waals surface area contributed by atoms with Gasteiger partial charge in [-0.2, -0.15) is 18.2 Å². The van der Waals surface area contributed by atoms with Gasteiger partial charge in [-0.25, -0.2) is 13.6 Å². The van der Waals surface area contributed by atoms with Crippen LogP contribution < -0.4 is 10.6 Å². The number of carbonyl (C=O) groups is 1. The molecule has 3 aliphatic rings. The number of nitrogens with zero attached hydrogens (tertiary/aromatic N) is 5. The fourth-order valence-corrected chi connectivity index (χ4v) is 7.84. The van der Waals surface area contributed by atoms with Crippen LogP contribution in [-0.2, 0) is 11.0 Å². The van der Waals surface area contributed by atoms with Gasteiger partial charge in [-0.3, -0.25) is 9.36 Å². The Morgan fingerprint density at radius 1 is 1.14 bits per heavy atom. The molecule has 0 N–H and O–H groups in total. The molecule has 234 valence electrons. The average molecular weight is 654 g/mol. The van der Waals surface area contributed by atoms with Gasteiger partial charge >= 0.3 is 11.9 Å². The summed E-state index contributed by atoms with van der Waals surface area (Å²) < 4.78 is 75.5. The second-order valence-corrected chi connectivity index (χ2v) is 13.0. The van der Waals surface area contributed by atoms with Gasteiger partial charge in [0.2, 0.25) is 5.91 Å². The first-order valence-corrected chi connectivity index (χ1v) is 15.6. The first kappa shape index (κ1) is 30.8. The SMILES string of the molecule is C=CC(=O)N1C[C@H](C)N(c2nc(=O)n3c4c(c(-c5cc(Cl)c(F)cc5F)c(C(F)(F)F)cc24)SCC3CN2CCC2)C[C@H]1C. The van der Waals surface area contributed by atoms with Crippen LogP contribution in [0.3, 0.4) is 0 Å². The topological polar surface area (TPSA) is 61.7 Å². The van der Waals surface area contributed by atoms with Gasteiger partial charge < -0.3 is 14.7 Å². The van der Waals surface area contributed by atoms with E-state index in [1.54, 1.807) is 23.6 Å². The maximum Gasteiger partial charge on any atom is 0.417 e. The predicted molar refractivity (Wildman–Crippen MR) is 160 cm³/mol. The van der Waals surface area contributed by atoms with Crippen molar-refractivity contribution in [1.29, 1.82) is 0 Å². The third-order valence-corrected chi connectivity index (χ3v) is 10.2. The van der Waals surface area contributed by atoms with Crippen LogP contribution in [0.4, 0.5) is 27.8 Å². The Hall–Kier alpha value is -3.16. The van der Waals surface area contributed by atoms with Gasteiger partial charge in [-0.05, 0) is 51.6 Å². The molecule has 1 aromatic heterocycles. The molecule has 0 aliphatic carbocycles. The number of hydrogen-bond acceptors (Lipinski definition) is 6.